The number of hydrogen-bond acceptors (Lipinski definition) is 5. The van der Waals surface area contributed by atoms with Crippen LogP contribution in [0.3, 0.4) is 0 Å². The summed E-state index contributed by atoms with van der Waals surface area (Å²) in [6, 6.07) is 18.3. The minimum absolute atomic E-state index is 0.0255. The van der Waals surface area contributed by atoms with Crippen LogP contribution in [-0.2, 0) is 14.8 Å². The highest BCUT2D eigenvalue weighted by Crippen LogP contribution is 2.24. The maximum Gasteiger partial charge on any atom is 0.255 e. The molecule has 0 bridgehead atoms. The van der Waals surface area contributed by atoms with Crippen molar-refractivity contribution in [2.75, 3.05) is 18.4 Å². The standard InChI is InChI=1S/C27H26ClFN4O4S/c1-18(19-4-10-24(11-5-19)30-26(34)20-2-6-22(28)7-3-20)31-32-27(35)21-14-16-33(17-15-21)38(36,37)25-12-8-23(29)9-13-25/h2-13,21H,14-17H2,1H3,(H,30,34)(H,32,35)/b31-18-. The first-order chi connectivity index (χ1) is 18.1. The normalized spacial score (nSPS) is 15.2. The molecule has 8 nitrogen and oxygen atoms in total. The molecule has 198 valence electrons. The number of benzene rings is 3. The highest BCUT2D eigenvalue weighted by atomic mass is 35.5. The summed E-state index contributed by atoms with van der Waals surface area (Å²) in [6.45, 7) is 2.12. The molecule has 4 rings (SSSR count). The lowest BCUT2D eigenvalue weighted by atomic mass is 9.98. The predicted octanol–water partition coefficient (Wildman–Crippen LogP) is 4.67. The number of anilines is 1. The Bertz CT molecular complexity index is 1440. The van der Waals surface area contributed by atoms with Crippen LogP contribution >= 0.6 is 11.6 Å². The SMILES string of the molecule is C/C(=N/NC(=O)C1CCN(S(=O)(=O)c2ccc(F)cc2)CC1)c1ccc(NC(=O)c2ccc(Cl)cc2)cc1. The highest BCUT2D eigenvalue weighted by Gasteiger charge is 2.32. The Morgan fingerprint density at radius 1 is 0.921 bits per heavy atom. The topological polar surface area (TPSA) is 108 Å². The molecule has 0 atom stereocenters. The number of piperidine rings is 1. The van der Waals surface area contributed by atoms with Crippen molar-refractivity contribution in [3.8, 4) is 0 Å². The molecule has 0 spiro atoms. The molecular formula is C27H26ClFN4O4S. The van der Waals surface area contributed by atoms with Crippen LogP contribution < -0.4 is 10.7 Å². The number of sulfonamides is 1. The molecule has 0 saturated carbocycles. The van der Waals surface area contributed by atoms with Crippen LogP contribution in [0.2, 0.25) is 5.02 Å². The van der Waals surface area contributed by atoms with Gasteiger partial charge in [-0.2, -0.15) is 9.41 Å². The third-order valence-corrected chi connectivity index (χ3v) is 8.44. The summed E-state index contributed by atoms with van der Waals surface area (Å²) in [4.78, 5) is 25.0. The zero-order chi connectivity index (χ0) is 27.3. The van der Waals surface area contributed by atoms with Crippen molar-refractivity contribution in [1.82, 2.24) is 9.73 Å². The van der Waals surface area contributed by atoms with Crippen molar-refractivity contribution in [1.29, 1.82) is 0 Å². The van der Waals surface area contributed by atoms with Gasteiger partial charge in [-0.25, -0.2) is 18.2 Å². The number of hydrazone groups is 1. The minimum Gasteiger partial charge on any atom is -0.322 e. The number of carbonyl (C=O) groups excluding carboxylic acids is 2. The van der Waals surface area contributed by atoms with E-state index in [1.54, 1.807) is 55.5 Å². The van der Waals surface area contributed by atoms with Gasteiger partial charge in [0.2, 0.25) is 15.9 Å². The maximum atomic E-state index is 13.1. The van der Waals surface area contributed by atoms with E-state index in [2.05, 4.69) is 15.8 Å². The third-order valence-electron chi connectivity index (χ3n) is 6.28. The van der Waals surface area contributed by atoms with E-state index >= 15 is 0 Å². The van der Waals surface area contributed by atoms with Crippen molar-refractivity contribution in [2.45, 2.75) is 24.7 Å². The van der Waals surface area contributed by atoms with Crippen LogP contribution in [0.4, 0.5) is 10.1 Å². The molecule has 0 aliphatic carbocycles. The molecule has 0 radical (unpaired) electrons. The van der Waals surface area contributed by atoms with E-state index in [1.165, 1.54) is 16.4 Å². The predicted molar refractivity (Wildman–Crippen MR) is 144 cm³/mol. The van der Waals surface area contributed by atoms with Crippen LogP contribution in [0, 0.1) is 11.7 Å². The number of hydrogen-bond donors (Lipinski definition) is 2. The Hall–Kier alpha value is -3.60. The molecule has 1 aliphatic rings. The van der Waals surface area contributed by atoms with Gasteiger partial charge in [-0.05, 0) is 86.0 Å². The van der Waals surface area contributed by atoms with Crippen LogP contribution in [0.25, 0.3) is 0 Å². The second kappa shape index (κ2) is 11.8. The largest absolute Gasteiger partial charge is 0.322 e. The van der Waals surface area contributed by atoms with Gasteiger partial charge in [0.05, 0.1) is 10.6 Å². The van der Waals surface area contributed by atoms with Gasteiger partial charge >= 0.3 is 0 Å². The maximum absolute atomic E-state index is 13.1. The first-order valence-electron chi connectivity index (χ1n) is 11.9. The van der Waals surface area contributed by atoms with Crippen molar-refractivity contribution < 1.29 is 22.4 Å². The van der Waals surface area contributed by atoms with Gasteiger partial charge in [0.15, 0.2) is 0 Å². The Morgan fingerprint density at radius 2 is 1.50 bits per heavy atom. The fraction of sp³-hybridized carbons (Fsp3) is 0.222. The summed E-state index contributed by atoms with van der Waals surface area (Å²) < 4.78 is 40.0. The summed E-state index contributed by atoms with van der Waals surface area (Å²) in [7, 11) is -3.74. The molecule has 2 N–H and O–H groups in total. The van der Waals surface area contributed by atoms with E-state index in [-0.39, 0.29) is 35.7 Å². The number of rotatable bonds is 7. The number of amides is 2. The molecule has 3 aromatic rings. The lowest BCUT2D eigenvalue weighted by molar-refractivity contribution is -0.126. The summed E-state index contributed by atoms with van der Waals surface area (Å²) in [5.41, 5.74) is 5.00. The van der Waals surface area contributed by atoms with Crippen molar-refractivity contribution in [3.05, 3.63) is 94.8 Å². The molecule has 1 heterocycles. The Kier molecular flexibility index (Phi) is 8.55. The fourth-order valence-corrected chi connectivity index (χ4v) is 5.60. The summed E-state index contributed by atoms with van der Waals surface area (Å²) in [5, 5.41) is 7.55. The average molecular weight is 557 g/mol. The monoisotopic (exact) mass is 556 g/mol. The van der Waals surface area contributed by atoms with Crippen LogP contribution in [0.5, 0.6) is 0 Å². The second-order valence-electron chi connectivity index (χ2n) is 8.84. The highest BCUT2D eigenvalue weighted by molar-refractivity contribution is 7.89. The number of carbonyl (C=O) groups is 2. The van der Waals surface area contributed by atoms with E-state index in [9.17, 15) is 22.4 Å². The van der Waals surface area contributed by atoms with Crippen LogP contribution in [-0.4, -0.2) is 43.3 Å². The van der Waals surface area contributed by atoms with Gasteiger partial charge in [-0.1, -0.05) is 23.7 Å². The Labute approximate surface area is 225 Å². The molecule has 11 heteroatoms. The van der Waals surface area contributed by atoms with E-state index in [4.69, 9.17) is 11.6 Å². The van der Waals surface area contributed by atoms with Gasteiger partial charge in [-0.3, -0.25) is 9.59 Å². The zero-order valence-corrected chi connectivity index (χ0v) is 22.1. The van der Waals surface area contributed by atoms with Gasteiger partial charge in [0.25, 0.3) is 5.91 Å². The molecule has 0 unspecified atom stereocenters. The van der Waals surface area contributed by atoms with Gasteiger partial charge < -0.3 is 5.32 Å². The number of halogens is 2. The average Bonchev–Trinajstić information content (AvgIpc) is 2.92. The molecule has 1 aliphatic heterocycles. The smallest absolute Gasteiger partial charge is 0.255 e. The van der Waals surface area contributed by atoms with Gasteiger partial charge in [0, 0.05) is 35.3 Å². The fourth-order valence-electron chi connectivity index (χ4n) is 4.01. The first-order valence-corrected chi connectivity index (χ1v) is 13.7. The lowest BCUT2D eigenvalue weighted by Crippen LogP contribution is -2.42. The van der Waals surface area contributed by atoms with E-state index in [0.717, 1.165) is 17.7 Å². The van der Waals surface area contributed by atoms with Crippen molar-refractivity contribution in [2.24, 2.45) is 11.0 Å². The Balaban J connectivity index is 1.29. The molecule has 2 amide bonds. The molecule has 0 aromatic heterocycles. The third kappa shape index (κ3) is 6.63. The van der Waals surface area contributed by atoms with Crippen molar-refractivity contribution in [3.63, 3.8) is 0 Å². The molecule has 3 aromatic carbocycles. The first kappa shape index (κ1) is 27.4. The van der Waals surface area contributed by atoms with Crippen LogP contribution in [0.15, 0.2) is 82.8 Å². The summed E-state index contributed by atoms with van der Waals surface area (Å²) >= 11 is 5.86. The van der Waals surface area contributed by atoms with Gasteiger partial charge in [0.1, 0.15) is 5.82 Å². The summed E-state index contributed by atoms with van der Waals surface area (Å²) in [5.74, 6) is -1.43. The quantitative estimate of drug-likeness (QED) is 0.325. The number of nitrogens with one attached hydrogen (secondary N) is 2. The lowest BCUT2D eigenvalue weighted by Gasteiger charge is -2.30. The van der Waals surface area contributed by atoms with Crippen molar-refractivity contribution >= 4 is 44.8 Å². The van der Waals surface area contributed by atoms with E-state index < -0.39 is 15.8 Å². The van der Waals surface area contributed by atoms with Crippen LogP contribution in [0.1, 0.15) is 35.7 Å². The van der Waals surface area contributed by atoms with E-state index in [1.807, 2.05) is 0 Å². The molecule has 1 saturated heterocycles. The zero-order valence-electron chi connectivity index (χ0n) is 20.5. The minimum atomic E-state index is -3.74. The van der Waals surface area contributed by atoms with E-state index in [0.29, 0.717) is 34.8 Å². The molecule has 38 heavy (non-hydrogen) atoms. The molecule has 1 fully saturated rings. The second-order valence-corrected chi connectivity index (χ2v) is 11.2. The summed E-state index contributed by atoms with van der Waals surface area (Å²) in [6.07, 6.45) is 0.700. The molecular weight excluding hydrogens is 531 g/mol. The van der Waals surface area contributed by atoms with Gasteiger partial charge in [-0.15, -0.1) is 0 Å². The Morgan fingerprint density at radius 3 is 2.11 bits per heavy atom. The number of nitrogens with zero attached hydrogens (tertiary/aromatic N) is 2.